The molecule has 0 aromatic carbocycles. The van der Waals surface area contributed by atoms with Crippen molar-refractivity contribution in [2.45, 2.75) is 32.2 Å². The molecule has 7 nitrogen and oxygen atoms in total. The highest BCUT2D eigenvalue weighted by Gasteiger charge is 2.32. The number of likely N-dealkylation sites (tertiary alicyclic amines) is 1. The molecule has 3 rings (SSSR count). The van der Waals surface area contributed by atoms with Gasteiger partial charge in [0.25, 0.3) is 5.91 Å². The number of carbonyl (C=O) groups excluding carboxylic acids is 2. The van der Waals surface area contributed by atoms with E-state index in [9.17, 15) is 9.59 Å². The summed E-state index contributed by atoms with van der Waals surface area (Å²) in [6, 6.07) is 3.06. The van der Waals surface area contributed by atoms with Crippen LogP contribution in [0, 0.1) is 0 Å². The van der Waals surface area contributed by atoms with Crippen LogP contribution in [0.2, 0.25) is 0 Å². The summed E-state index contributed by atoms with van der Waals surface area (Å²) in [5, 5.41) is 10.9. The van der Waals surface area contributed by atoms with Crippen LogP contribution in [-0.4, -0.2) is 59.1 Å². The van der Waals surface area contributed by atoms with E-state index in [4.69, 9.17) is 0 Å². The molecule has 1 atom stereocenters. The van der Waals surface area contributed by atoms with E-state index in [2.05, 4.69) is 20.4 Å². The average molecular weight is 303 g/mol. The van der Waals surface area contributed by atoms with Gasteiger partial charge in [-0.2, -0.15) is 0 Å². The van der Waals surface area contributed by atoms with Crippen molar-refractivity contribution in [1.82, 2.24) is 20.4 Å². The van der Waals surface area contributed by atoms with Crippen molar-refractivity contribution in [3.05, 3.63) is 17.8 Å². The summed E-state index contributed by atoms with van der Waals surface area (Å²) in [7, 11) is 0. The Hall–Kier alpha value is -2.18. The van der Waals surface area contributed by atoms with Crippen LogP contribution in [0.3, 0.4) is 0 Å². The molecule has 0 aliphatic carbocycles. The van der Waals surface area contributed by atoms with Gasteiger partial charge in [0.15, 0.2) is 11.5 Å². The summed E-state index contributed by atoms with van der Waals surface area (Å²) in [5.41, 5.74) is 0.255. The zero-order chi connectivity index (χ0) is 15.5. The molecule has 0 saturated carbocycles. The minimum absolute atomic E-state index is 0.0162. The maximum absolute atomic E-state index is 12.2. The number of rotatable bonds is 4. The molecule has 2 fully saturated rings. The minimum atomic E-state index is -0.437. The fourth-order valence-electron chi connectivity index (χ4n) is 2.98. The Labute approximate surface area is 129 Å². The van der Waals surface area contributed by atoms with E-state index in [-0.39, 0.29) is 17.5 Å². The number of likely N-dealkylation sites (N-methyl/N-ethyl adjacent to an activating group) is 1. The summed E-state index contributed by atoms with van der Waals surface area (Å²) in [6.45, 7) is 5.29. The topological polar surface area (TPSA) is 78.4 Å². The molecule has 2 amide bonds. The zero-order valence-corrected chi connectivity index (χ0v) is 12.8. The van der Waals surface area contributed by atoms with Crippen molar-refractivity contribution in [3.8, 4) is 0 Å². The molecular formula is C15H21N5O2. The summed E-state index contributed by atoms with van der Waals surface area (Å²) < 4.78 is 0. The number of nitrogens with one attached hydrogen (secondary N) is 1. The highest BCUT2D eigenvalue weighted by molar-refractivity contribution is 5.96. The van der Waals surface area contributed by atoms with Crippen molar-refractivity contribution >= 4 is 17.6 Å². The average Bonchev–Trinajstić information content (AvgIpc) is 3.18. The molecule has 7 heteroatoms. The summed E-state index contributed by atoms with van der Waals surface area (Å²) >= 11 is 0. The quantitative estimate of drug-likeness (QED) is 0.872. The van der Waals surface area contributed by atoms with Gasteiger partial charge in [0.2, 0.25) is 5.91 Å². The van der Waals surface area contributed by atoms with E-state index >= 15 is 0 Å². The molecular weight excluding hydrogens is 282 g/mol. The Kier molecular flexibility index (Phi) is 4.22. The molecule has 1 aromatic heterocycles. The molecule has 1 aromatic rings. The minimum Gasteiger partial charge on any atom is -0.355 e. The van der Waals surface area contributed by atoms with Crippen LogP contribution in [0.5, 0.6) is 0 Å². The molecule has 22 heavy (non-hydrogen) atoms. The van der Waals surface area contributed by atoms with Crippen molar-refractivity contribution in [1.29, 1.82) is 0 Å². The lowest BCUT2D eigenvalue weighted by atomic mass is 10.2. The Morgan fingerprint density at radius 1 is 1.27 bits per heavy atom. The first-order valence-corrected chi connectivity index (χ1v) is 7.87. The molecule has 2 saturated heterocycles. The lowest BCUT2D eigenvalue weighted by Crippen LogP contribution is -2.41. The predicted molar refractivity (Wildman–Crippen MR) is 81.6 cm³/mol. The molecule has 3 heterocycles. The number of anilines is 1. The molecule has 0 bridgehead atoms. The van der Waals surface area contributed by atoms with Gasteiger partial charge in [-0.25, -0.2) is 0 Å². The van der Waals surface area contributed by atoms with Gasteiger partial charge in [0.1, 0.15) is 6.04 Å². The molecule has 1 unspecified atom stereocenters. The molecule has 1 N–H and O–H groups in total. The Morgan fingerprint density at radius 3 is 2.64 bits per heavy atom. The van der Waals surface area contributed by atoms with Gasteiger partial charge in [-0.1, -0.05) is 0 Å². The molecule has 2 aliphatic rings. The Balaban J connectivity index is 1.61. The van der Waals surface area contributed by atoms with Crippen LogP contribution >= 0.6 is 0 Å². The fourth-order valence-corrected chi connectivity index (χ4v) is 2.98. The highest BCUT2D eigenvalue weighted by atomic mass is 16.2. The third kappa shape index (κ3) is 2.88. The van der Waals surface area contributed by atoms with Gasteiger partial charge < -0.3 is 15.1 Å². The summed E-state index contributed by atoms with van der Waals surface area (Å²) in [6.07, 6.45) is 2.99. The number of carbonyl (C=O) groups is 2. The van der Waals surface area contributed by atoms with Gasteiger partial charge >= 0.3 is 0 Å². The van der Waals surface area contributed by atoms with Crippen LogP contribution in [0.1, 0.15) is 36.7 Å². The van der Waals surface area contributed by atoms with E-state index in [0.717, 1.165) is 18.9 Å². The smallest absolute Gasteiger partial charge is 0.272 e. The summed E-state index contributed by atoms with van der Waals surface area (Å²) in [5.74, 6) is 0.456. The zero-order valence-electron chi connectivity index (χ0n) is 12.8. The number of nitrogens with zero attached hydrogens (tertiary/aromatic N) is 4. The van der Waals surface area contributed by atoms with Crippen molar-refractivity contribution < 1.29 is 9.59 Å². The van der Waals surface area contributed by atoms with Crippen LogP contribution in [0.15, 0.2) is 12.1 Å². The van der Waals surface area contributed by atoms with E-state index in [1.807, 2.05) is 13.0 Å². The second-order valence-corrected chi connectivity index (χ2v) is 5.70. The SMILES string of the molecule is CCN1CCC(NC(=O)c2ccc(N3CCCC3)nn2)C1=O. The predicted octanol–water partition coefficient (Wildman–Crippen LogP) is 0.427. The first-order valence-electron chi connectivity index (χ1n) is 7.87. The van der Waals surface area contributed by atoms with E-state index in [1.54, 1.807) is 11.0 Å². The van der Waals surface area contributed by atoms with Gasteiger partial charge in [-0.05, 0) is 38.3 Å². The maximum atomic E-state index is 12.2. The first-order chi connectivity index (χ1) is 10.7. The van der Waals surface area contributed by atoms with Gasteiger partial charge in [-0.3, -0.25) is 9.59 Å². The van der Waals surface area contributed by atoms with Crippen LogP contribution in [0.25, 0.3) is 0 Å². The van der Waals surface area contributed by atoms with Crippen LogP contribution < -0.4 is 10.2 Å². The van der Waals surface area contributed by atoms with Gasteiger partial charge in [0.05, 0.1) is 0 Å². The molecule has 0 radical (unpaired) electrons. The standard InChI is InChI=1S/C15H21N5O2/c1-2-19-10-7-12(15(19)22)16-14(21)11-5-6-13(18-17-11)20-8-3-4-9-20/h5-6,12H,2-4,7-10H2,1H3,(H,16,21). The van der Waals surface area contributed by atoms with E-state index < -0.39 is 6.04 Å². The third-order valence-corrected chi connectivity index (χ3v) is 4.30. The number of hydrogen-bond donors (Lipinski definition) is 1. The lowest BCUT2D eigenvalue weighted by Gasteiger charge is -2.16. The van der Waals surface area contributed by atoms with Gasteiger partial charge in [0, 0.05) is 26.2 Å². The van der Waals surface area contributed by atoms with Gasteiger partial charge in [-0.15, -0.1) is 10.2 Å². The first kappa shape index (κ1) is 14.7. The second kappa shape index (κ2) is 6.29. The number of hydrogen-bond acceptors (Lipinski definition) is 5. The summed E-state index contributed by atoms with van der Waals surface area (Å²) in [4.78, 5) is 28.1. The molecule has 2 aliphatic heterocycles. The van der Waals surface area contributed by atoms with Crippen molar-refractivity contribution in [2.24, 2.45) is 0 Å². The molecule has 0 spiro atoms. The third-order valence-electron chi connectivity index (χ3n) is 4.30. The lowest BCUT2D eigenvalue weighted by molar-refractivity contribution is -0.129. The monoisotopic (exact) mass is 303 g/mol. The van der Waals surface area contributed by atoms with E-state index in [1.165, 1.54) is 12.8 Å². The number of amides is 2. The molecule has 118 valence electrons. The highest BCUT2D eigenvalue weighted by Crippen LogP contribution is 2.17. The number of aromatic nitrogens is 2. The Morgan fingerprint density at radius 2 is 2.05 bits per heavy atom. The maximum Gasteiger partial charge on any atom is 0.272 e. The van der Waals surface area contributed by atoms with E-state index in [0.29, 0.717) is 19.5 Å². The Bertz CT molecular complexity index is 554. The largest absolute Gasteiger partial charge is 0.355 e. The second-order valence-electron chi connectivity index (χ2n) is 5.70. The normalized spacial score (nSPS) is 21.5. The van der Waals surface area contributed by atoms with Crippen molar-refractivity contribution in [3.63, 3.8) is 0 Å². The van der Waals surface area contributed by atoms with Crippen LogP contribution in [0.4, 0.5) is 5.82 Å². The van der Waals surface area contributed by atoms with Crippen LogP contribution in [-0.2, 0) is 4.79 Å². The fraction of sp³-hybridized carbons (Fsp3) is 0.600. The van der Waals surface area contributed by atoms with Crippen molar-refractivity contribution in [2.75, 3.05) is 31.1 Å².